The molecule has 0 aromatic heterocycles. The fourth-order valence-corrected chi connectivity index (χ4v) is 6.90. The third kappa shape index (κ3) is 15.8. The van der Waals surface area contributed by atoms with Gasteiger partial charge in [0.15, 0.2) is 0 Å². The maximum Gasteiger partial charge on any atom is 1.00 e. The molecule has 3 aliphatic rings. The molecule has 0 spiro atoms. The molecule has 2 heterocycles. The second-order valence-corrected chi connectivity index (χ2v) is 13.9. The van der Waals surface area contributed by atoms with E-state index in [4.69, 9.17) is 24.6 Å². The number of benzene rings is 3. The van der Waals surface area contributed by atoms with E-state index in [2.05, 4.69) is 25.7 Å². The number of esters is 2. The Labute approximate surface area is 343 Å². The minimum atomic E-state index is -1.34. The van der Waals surface area contributed by atoms with Crippen LogP contribution in [0.1, 0.15) is 66.7 Å². The Morgan fingerprint density at radius 3 is 1.46 bits per heavy atom. The Morgan fingerprint density at radius 2 is 1.07 bits per heavy atom. The summed E-state index contributed by atoms with van der Waals surface area (Å²) in [6, 6.07) is 28.0. The van der Waals surface area contributed by atoms with Gasteiger partial charge in [0.05, 0.1) is 19.1 Å². The molecule has 1 aliphatic carbocycles. The Kier molecular flexibility index (Phi) is 23.1. The molecular formula is C41H58BN2NaO9. The summed E-state index contributed by atoms with van der Waals surface area (Å²) in [5.74, 6) is 1.09. The molecule has 3 aromatic rings. The number of rotatable bonds is 8. The summed E-state index contributed by atoms with van der Waals surface area (Å²) in [5, 5.41) is 26.3. The quantitative estimate of drug-likeness (QED) is 0.229. The number of carbonyl (C=O) groups excluding carboxylic acids is 2. The van der Waals surface area contributed by atoms with Gasteiger partial charge in [-0.15, -0.1) is 0 Å². The Morgan fingerprint density at radius 1 is 0.648 bits per heavy atom. The van der Waals surface area contributed by atoms with Crippen LogP contribution in [0.15, 0.2) is 91.0 Å². The Bertz CT molecular complexity index is 1490. The molecule has 0 unspecified atom stereocenters. The predicted molar refractivity (Wildman–Crippen MR) is 208 cm³/mol. The molecule has 0 bridgehead atoms. The van der Waals surface area contributed by atoms with E-state index >= 15 is 0 Å². The van der Waals surface area contributed by atoms with Crippen molar-refractivity contribution in [3.05, 3.63) is 91.0 Å². The Hall–Kier alpha value is -3.39. The number of anilines is 2. The zero-order valence-corrected chi connectivity index (χ0v) is 34.8. The molecule has 290 valence electrons. The predicted octanol–water partition coefficient (Wildman–Crippen LogP) is 2.63. The van der Waals surface area contributed by atoms with Gasteiger partial charge in [-0.05, 0) is 93.4 Å². The molecule has 54 heavy (non-hydrogen) atoms. The van der Waals surface area contributed by atoms with E-state index in [9.17, 15) is 14.4 Å². The minimum absolute atomic E-state index is 0. The number of carbonyl (C=O) groups is 3. The molecule has 3 aromatic carbocycles. The maximum atomic E-state index is 11.9. The number of para-hydroxylation sites is 2. The van der Waals surface area contributed by atoms with Crippen LogP contribution in [0.25, 0.3) is 0 Å². The van der Waals surface area contributed by atoms with Crippen molar-refractivity contribution in [1.29, 1.82) is 0 Å². The van der Waals surface area contributed by atoms with Crippen molar-refractivity contribution in [3.8, 4) is 0 Å². The summed E-state index contributed by atoms with van der Waals surface area (Å²) in [4.78, 5) is 38.3. The smallest absolute Gasteiger partial charge is 0.870 e. The molecule has 3 fully saturated rings. The first-order valence-electron chi connectivity index (χ1n) is 18.5. The van der Waals surface area contributed by atoms with Crippen LogP contribution in [0.3, 0.4) is 0 Å². The van der Waals surface area contributed by atoms with E-state index in [-0.39, 0.29) is 65.0 Å². The SMILES string of the molecule is CCOC(=O)[C@@H]1C[C@@H](C)CN1c1ccccc1.CCOC(=O)[C@H]1CC[C@H](C)C1.C[C@@H]1C[C@@H](C(=O)O)N(c2ccccc2)C1.OB(O)c1ccccc1.[Na+].[OH-]. The fourth-order valence-electron chi connectivity index (χ4n) is 6.90. The molecule has 2 saturated heterocycles. The summed E-state index contributed by atoms with van der Waals surface area (Å²) in [6.07, 6.45) is 4.86. The van der Waals surface area contributed by atoms with Crippen LogP contribution in [0, 0.1) is 23.7 Å². The van der Waals surface area contributed by atoms with Crippen LogP contribution >= 0.6 is 0 Å². The summed E-state index contributed by atoms with van der Waals surface area (Å²) in [7, 11) is -1.34. The van der Waals surface area contributed by atoms with Crippen LogP contribution in [-0.2, 0) is 23.9 Å². The van der Waals surface area contributed by atoms with E-state index in [0.717, 1.165) is 50.1 Å². The van der Waals surface area contributed by atoms with Crippen molar-refractivity contribution in [2.24, 2.45) is 23.7 Å². The largest absolute Gasteiger partial charge is 1.00 e. The van der Waals surface area contributed by atoms with E-state index in [1.807, 2.05) is 85.5 Å². The molecule has 13 heteroatoms. The van der Waals surface area contributed by atoms with E-state index < -0.39 is 13.1 Å². The van der Waals surface area contributed by atoms with Crippen molar-refractivity contribution in [1.82, 2.24) is 0 Å². The van der Waals surface area contributed by atoms with Gasteiger partial charge in [0.25, 0.3) is 0 Å². The van der Waals surface area contributed by atoms with Gasteiger partial charge in [0.2, 0.25) is 0 Å². The van der Waals surface area contributed by atoms with Gasteiger partial charge < -0.3 is 39.9 Å². The number of hydrogen-bond acceptors (Lipinski definition) is 10. The number of nitrogens with zero attached hydrogens (tertiary/aromatic N) is 2. The number of carboxylic acid groups (broad SMARTS) is 1. The zero-order valence-electron chi connectivity index (χ0n) is 32.8. The van der Waals surface area contributed by atoms with E-state index in [1.54, 1.807) is 24.3 Å². The van der Waals surface area contributed by atoms with Crippen LogP contribution in [0.4, 0.5) is 11.4 Å². The van der Waals surface area contributed by atoms with Gasteiger partial charge in [-0.3, -0.25) is 4.79 Å². The second kappa shape index (κ2) is 25.6. The summed E-state index contributed by atoms with van der Waals surface area (Å²) < 4.78 is 10.1. The fraction of sp³-hybridized carbons (Fsp3) is 0.488. The van der Waals surface area contributed by atoms with Gasteiger partial charge >= 0.3 is 54.6 Å². The second-order valence-electron chi connectivity index (χ2n) is 13.9. The summed E-state index contributed by atoms with van der Waals surface area (Å²) >= 11 is 0. The van der Waals surface area contributed by atoms with Gasteiger partial charge in [-0.1, -0.05) is 87.5 Å². The van der Waals surface area contributed by atoms with Crippen molar-refractivity contribution < 1.29 is 74.0 Å². The summed E-state index contributed by atoms with van der Waals surface area (Å²) in [5.41, 5.74) is 2.64. The van der Waals surface area contributed by atoms with Gasteiger partial charge in [-0.2, -0.15) is 0 Å². The summed E-state index contributed by atoms with van der Waals surface area (Å²) in [6.45, 7) is 12.9. The van der Waals surface area contributed by atoms with Gasteiger partial charge in [0, 0.05) is 24.5 Å². The molecule has 11 nitrogen and oxygen atoms in total. The molecule has 1 saturated carbocycles. The number of ether oxygens (including phenoxy) is 2. The van der Waals surface area contributed by atoms with Crippen LogP contribution < -0.4 is 44.8 Å². The van der Waals surface area contributed by atoms with Crippen molar-refractivity contribution in [2.45, 2.75) is 78.8 Å². The van der Waals surface area contributed by atoms with Crippen LogP contribution in [-0.4, -0.2) is 84.0 Å². The first kappa shape index (κ1) is 48.6. The monoisotopic (exact) mass is 756 g/mol. The average Bonchev–Trinajstić information content (AvgIpc) is 3.88. The Balaban J connectivity index is 0.000000365. The first-order chi connectivity index (χ1) is 24.9. The normalized spacial score (nSPS) is 22.3. The zero-order chi connectivity index (χ0) is 38.0. The standard InChI is InChI=1S/C14H19NO2.C12H15NO2.C9H16O2.C6H7BO2.Na.H2O/c1-3-17-14(16)13-9-11(2)10-15(13)12-7-5-4-6-8-12;1-9-7-11(12(14)15)13(8-9)10-5-3-2-4-6-10;1-3-11-9(10)8-5-4-7(2)6-8;8-7(9)6-4-2-1-3-5-6;;/h4-8,11,13H,3,9-10H2,1-2H3;2-6,9,11H,7-8H2,1H3,(H,14,15);7-8H,3-6H2,1-2H3;1-5,8-9H;;1H2/q;;;;+1;/p-1/t11-,13+;9-,11+;7-,8-;;;/m110.../s1. The number of aliphatic carboxylic acids is 1. The minimum Gasteiger partial charge on any atom is -0.870 e. The van der Waals surface area contributed by atoms with Crippen LogP contribution in [0.2, 0.25) is 0 Å². The molecule has 0 amide bonds. The van der Waals surface area contributed by atoms with E-state index in [1.165, 1.54) is 6.42 Å². The third-order valence-corrected chi connectivity index (χ3v) is 9.45. The van der Waals surface area contributed by atoms with Gasteiger partial charge in [-0.25, -0.2) is 9.59 Å². The molecule has 4 N–H and O–H groups in total. The number of carboxylic acids is 1. The molecule has 6 rings (SSSR count). The van der Waals surface area contributed by atoms with Crippen LogP contribution in [0.5, 0.6) is 0 Å². The van der Waals surface area contributed by atoms with E-state index in [0.29, 0.717) is 36.4 Å². The van der Waals surface area contributed by atoms with Crippen molar-refractivity contribution >= 4 is 41.9 Å². The molecule has 2 aliphatic heterocycles. The molecular weight excluding hydrogens is 698 g/mol. The first-order valence-corrected chi connectivity index (χ1v) is 18.5. The molecule has 6 atom stereocenters. The van der Waals surface area contributed by atoms with Crippen molar-refractivity contribution in [2.75, 3.05) is 36.1 Å². The molecule has 0 radical (unpaired) electrons. The number of hydrogen-bond donors (Lipinski definition) is 3. The van der Waals surface area contributed by atoms with Gasteiger partial charge in [0.1, 0.15) is 12.1 Å². The average molecular weight is 757 g/mol. The maximum absolute atomic E-state index is 11.9. The third-order valence-electron chi connectivity index (χ3n) is 9.45. The topological polar surface area (TPSA) is 167 Å². The van der Waals surface area contributed by atoms with Crippen molar-refractivity contribution in [3.63, 3.8) is 0 Å².